The Labute approximate surface area is 116 Å². The van der Waals surface area contributed by atoms with E-state index in [1.54, 1.807) is 4.90 Å². The topological polar surface area (TPSA) is 45.2 Å². The number of alkyl halides is 2. The number of aromatic nitrogens is 1. The van der Waals surface area contributed by atoms with E-state index in [1.165, 1.54) is 24.8 Å². The molecule has 4 nitrogen and oxygen atoms in total. The molecule has 6 heteroatoms. The van der Waals surface area contributed by atoms with Gasteiger partial charge in [-0.2, -0.15) is 0 Å². The van der Waals surface area contributed by atoms with E-state index < -0.39 is 6.43 Å². The van der Waals surface area contributed by atoms with Crippen molar-refractivity contribution in [3.05, 3.63) is 24.0 Å². The summed E-state index contributed by atoms with van der Waals surface area (Å²) in [4.78, 5) is 17.4. The van der Waals surface area contributed by atoms with Crippen LogP contribution in [0, 0.1) is 0 Å². The fourth-order valence-electron chi connectivity index (χ4n) is 3.11. The second kappa shape index (κ2) is 5.00. The number of halogens is 2. The third-order valence-corrected chi connectivity index (χ3v) is 4.19. The maximum absolute atomic E-state index is 12.5. The first-order valence-corrected chi connectivity index (χ1v) is 6.93. The lowest BCUT2D eigenvalue weighted by atomic mass is 9.82. The van der Waals surface area contributed by atoms with Crippen LogP contribution in [0.5, 0.6) is 0 Å². The summed E-state index contributed by atoms with van der Waals surface area (Å²) in [5.74, 6) is 0. The van der Waals surface area contributed by atoms with E-state index in [0.29, 0.717) is 12.2 Å². The van der Waals surface area contributed by atoms with Gasteiger partial charge in [-0.3, -0.25) is 9.88 Å². The Morgan fingerprint density at radius 3 is 2.60 bits per heavy atom. The van der Waals surface area contributed by atoms with Gasteiger partial charge in [0.2, 0.25) is 0 Å². The molecule has 2 aliphatic rings. The van der Waals surface area contributed by atoms with Gasteiger partial charge in [0.05, 0.1) is 24.0 Å². The minimum absolute atomic E-state index is 0.142. The molecule has 20 heavy (non-hydrogen) atoms. The van der Waals surface area contributed by atoms with Crippen LogP contribution in [0.3, 0.4) is 0 Å². The van der Waals surface area contributed by atoms with Crippen LogP contribution < -0.4 is 10.2 Å². The van der Waals surface area contributed by atoms with E-state index in [9.17, 15) is 13.6 Å². The maximum atomic E-state index is 12.5. The number of pyridine rings is 1. The number of carbonyl (C=O) groups excluding carboxylic acids is 1. The quantitative estimate of drug-likeness (QED) is 0.904. The molecule has 1 saturated heterocycles. The number of anilines is 1. The van der Waals surface area contributed by atoms with E-state index in [-0.39, 0.29) is 17.3 Å². The molecule has 2 fully saturated rings. The zero-order valence-corrected chi connectivity index (χ0v) is 11.1. The molecule has 1 aromatic heterocycles. The van der Waals surface area contributed by atoms with Gasteiger partial charge in [0.25, 0.3) is 6.43 Å². The molecule has 0 radical (unpaired) electrons. The van der Waals surface area contributed by atoms with Crippen LogP contribution in [0.1, 0.15) is 44.2 Å². The lowest BCUT2D eigenvalue weighted by molar-refractivity contribution is 0.146. The first kappa shape index (κ1) is 13.3. The van der Waals surface area contributed by atoms with Crippen LogP contribution in [0.25, 0.3) is 0 Å². The molecule has 0 atom stereocenters. The van der Waals surface area contributed by atoms with Gasteiger partial charge < -0.3 is 5.32 Å². The molecule has 1 saturated carbocycles. The number of nitrogens with zero attached hydrogens (tertiary/aromatic N) is 2. The predicted molar refractivity (Wildman–Crippen MR) is 70.9 cm³/mol. The molecule has 3 rings (SSSR count). The minimum atomic E-state index is -2.58. The van der Waals surface area contributed by atoms with Crippen molar-refractivity contribution in [2.24, 2.45) is 0 Å². The lowest BCUT2D eigenvalue weighted by Crippen LogP contribution is -2.44. The Kier molecular flexibility index (Phi) is 3.31. The van der Waals surface area contributed by atoms with Gasteiger partial charge in [0.15, 0.2) is 0 Å². The zero-order valence-electron chi connectivity index (χ0n) is 11.1. The summed E-state index contributed by atoms with van der Waals surface area (Å²) in [5.41, 5.74) is 0.173. The molecule has 0 aromatic carbocycles. The Balaban J connectivity index is 1.78. The number of amides is 2. The highest BCUT2D eigenvalue weighted by molar-refractivity contribution is 5.95. The molecule has 0 unspecified atom stereocenters. The molecule has 1 aliphatic heterocycles. The average Bonchev–Trinajstić information content (AvgIpc) is 2.76. The highest BCUT2D eigenvalue weighted by Crippen LogP contribution is 2.34. The van der Waals surface area contributed by atoms with E-state index in [4.69, 9.17) is 0 Å². The Hall–Kier alpha value is -1.72. The van der Waals surface area contributed by atoms with Crippen LogP contribution in [-0.4, -0.2) is 23.1 Å². The molecule has 1 spiro atoms. The van der Waals surface area contributed by atoms with Crippen LogP contribution in [-0.2, 0) is 0 Å². The van der Waals surface area contributed by atoms with Crippen LogP contribution >= 0.6 is 0 Å². The van der Waals surface area contributed by atoms with Gasteiger partial charge in [-0.15, -0.1) is 0 Å². The summed E-state index contributed by atoms with van der Waals surface area (Å²) in [7, 11) is 0. The van der Waals surface area contributed by atoms with Crippen molar-refractivity contribution in [1.29, 1.82) is 0 Å². The standard InChI is InChI=1S/C14H17F2N3O/c15-12(16)11-5-4-10(8-17-11)19-9-14(18-13(19)20)6-2-1-3-7-14/h4-5,8,12H,1-3,6-7,9H2,(H,18,20). The van der Waals surface area contributed by atoms with Gasteiger partial charge in [-0.05, 0) is 25.0 Å². The van der Waals surface area contributed by atoms with Crippen LogP contribution in [0.4, 0.5) is 19.3 Å². The highest BCUT2D eigenvalue weighted by Gasteiger charge is 2.43. The number of carbonyl (C=O) groups is 1. The zero-order chi connectivity index (χ0) is 14.2. The van der Waals surface area contributed by atoms with Crippen molar-refractivity contribution in [2.45, 2.75) is 44.1 Å². The summed E-state index contributed by atoms with van der Waals surface area (Å²) >= 11 is 0. The second-order valence-electron chi connectivity index (χ2n) is 5.60. The molecule has 1 aromatic rings. The van der Waals surface area contributed by atoms with Gasteiger partial charge in [-0.25, -0.2) is 13.6 Å². The number of hydrogen-bond acceptors (Lipinski definition) is 2. The summed E-state index contributed by atoms with van der Waals surface area (Å²) < 4.78 is 25.0. The number of hydrogen-bond donors (Lipinski definition) is 1. The summed E-state index contributed by atoms with van der Waals surface area (Å²) in [6, 6.07) is 2.66. The SMILES string of the molecule is O=C1NC2(CCCCC2)CN1c1ccc(C(F)F)nc1. The fourth-order valence-corrected chi connectivity index (χ4v) is 3.11. The number of urea groups is 1. The van der Waals surface area contributed by atoms with Crippen molar-refractivity contribution in [2.75, 3.05) is 11.4 Å². The highest BCUT2D eigenvalue weighted by atomic mass is 19.3. The normalized spacial score (nSPS) is 21.6. The van der Waals surface area contributed by atoms with Gasteiger partial charge in [0, 0.05) is 0 Å². The largest absolute Gasteiger partial charge is 0.330 e. The second-order valence-corrected chi connectivity index (χ2v) is 5.60. The number of rotatable bonds is 2. The Morgan fingerprint density at radius 2 is 2.00 bits per heavy atom. The number of nitrogens with one attached hydrogen (secondary N) is 1. The molecule has 1 aliphatic carbocycles. The first-order valence-electron chi connectivity index (χ1n) is 6.93. The first-order chi connectivity index (χ1) is 9.60. The smallest absolute Gasteiger partial charge is 0.322 e. The summed E-state index contributed by atoms with van der Waals surface area (Å²) in [5, 5.41) is 3.07. The van der Waals surface area contributed by atoms with E-state index in [2.05, 4.69) is 10.3 Å². The molecule has 2 heterocycles. The van der Waals surface area contributed by atoms with Gasteiger partial charge in [0.1, 0.15) is 5.69 Å². The Morgan fingerprint density at radius 1 is 1.25 bits per heavy atom. The molecule has 2 amide bonds. The van der Waals surface area contributed by atoms with Crippen molar-refractivity contribution in [3.8, 4) is 0 Å². The predicted octanol–water partition coefficient (Wildman–Crippen LogP) is 3.25. The van der Waals surface area contributed by atoms with Crippen LogP contribution in [0.15, 0.2) is 18.3 Å². The Bertz CT molecular complexity index is 498. The van der Waals surface area contributed by atoms with Crippen molar-refractivity contribution in [1.82, 2.24) is 10.3 Å². The molecular formula is C14H17F2N3O. The average molecular weight is 281 g/mol. The third kappa shape index (κ3) is 2.34. The van der Waals surface area contributed by atoms with E-state index in [0.717, 1.165) is 25.7 Å². The molecule has 1 N–H and O–H groups in total. The third-order valence-electron chi connectivity index (χ3n) is 4.19. The minimum Gasteiger partial charge on any atom is -0.330 e. The molecular weight excluding hydrogens is 264 g/mol. The maximum Gasteiger partial charge on any atom is 0.322 e. The molecule has 108 valence electrons. The van der Waals surface area contributed by atoms with E-state index >= 15 is 0 Å². The molecule has 0 bridgehead atoms. The van der Waals surface area contributed by atoms with Crippen molar-refractivity contribution < 1.29 is 13.6 Å². The van der Waals surface area contributed by atoms with Crippen molar-refractivity contribution >= 4 is 11.7 Å². The monoisotopic (exact) mass is 281 g/mol. The van der Waals surface area contributed by atoms with Crippen LogP contribution in [0.2, 0.25) is 0 Å². The summed E-state index contributed by atoms with van der Waals surface area (Å²) in [6.45, 7) is 0.599. The van der Waals surface area contributed by atoms with E-state index in [1.807, 2.05) is 0 Å². The summed E-state index contributed by atoms with van der Waals surface area (Å²) in [6.07, 6.45) is 4.19. The van der Waals surface area contributed by atoms with Gasteiger partial charge in [-0.1, -0.05) is 19.3 Å². The lowest BCUT2D eigenvalue weighted by Gasteiger charge is -2.32. The fraction of sp³-hybridized carbons (Fsp3) is 0.571. The van der Waals surface area contributed by atoms with Crippen molar-refractivity contribution in [3.63, 3.8) is 0 Å². The van der Waals surface area contributed by atoms with Gasteiger partial charge >= 0.3 is 6.03 Å².